The van der Waals surface area contributed by atoms with Crippen molar-refractivity contribution in [2.45, 2.75) is 72.3 Å². The van der Waals surface area contributed by atoms with Gasteiger partial charge in [-0.1, -0.05) is 40.5 Å². The zero-order valence-corrected chi connectivity index (χ0v) is 12.8. The van der Waals surface area contributed by atoms with Crippen molar-refractivity contribution in [3.63, 3.8) is 0 Å². The minimum Gasteiger partial charge on any atom is -0.396 e. The lowest BCUT2D eigenvalue weighted by molar-refractivity contribution is 0.103. The van der Waals surface area contributed by atoms with Gasteiger partial charge in [0, 0.05) is 24.6 Å². The third-order valence-corrected chi connectivity index (χ3v) is 5.26. The average molecular weight is 255 g/mol. The van der Waals surface area contributed by atoms with Gasteiger partial charge in [0.25, 0.3) is 0 Å². The van der Waals surface area contributed by atoms with Crippen molar-refractivity contribution in [3.8, 4) is 0 Å². The third kappa shape index (κ3) is 4.24. The predicted molar refractivity (Wildman–Crippen MR) is 78.7 cm³/mol. The Bertz CT molecular complexity index is 215. The zero-order chi connectivity index (χ0) is 13.6. The molecule has 0 amide bonds. The molecule has 1 saturated carbocycles. The molecule has 0 bridgehead atoms. The summed E-state index contributed by atoms with van der Waals surface area (Å²) in [6.45, 7) is 10.4. The lowest BCUT2D eigenvalue weighted by Gasteiger charge is -2.36. The normalized spacial score (nSPS) is 25.7. The molecule has 0 saturated heterocycles. The SMILES string of the molecule is CCC(CC)(CO)CNC1CCCC(C(C)C)C1. The van der Waals surface area contributed by atoms with E-state index in [4.69, 9.17) is 0 Å². The van der Waals surface area contributed by atoms with Gasteiger partial charge in [0.15, 0.2) is 0 Å². The first-order valence-electron chi connectivity index (χ1n) is 7.91. The largest absolute Gasteiger partial charge is 0.396 e. The van der Waals surface area contributed by atoms with Gasteiger partial charge in [-0.2, -0.15) is 0 Å². The Kier molecular flexibility index (Phi) is 6.65. The van der Waals surface area contributed by atoms with E-state index in [1.807, 2.05) is 0 Å². The van der Waals surface area contributed by atoms with Crippen LogP contribution in [0.2, 0.25) is 0 Å². The molecule has 18 heavy (non-hydrogen) atoms. The monoisotopic (exact) mass is 255 g/mol. The van der Waals surface area contributed by atoms with Crippen LogP contribution in [0.1, 0.15) is 66.2 Å². The molecule has 0 aromatic carbocycles. The Morgan fingerprint density at radius 1 is 1.22 bits per heavy atom. The summed E-state index contributed by atoms with van der Waals surface area (Å²) < 4.78 is 0. The molecule has 1 aliphatic carbocycles. The highest BCUT2D eigenvalue weighted by atomic mass is 16.3. The van der Waals surface area contributed by atoms with E-state index in [1.54, 1.807) is 0 Å². The van der Waals surface area contributed by atoms with Crippen LogP contribution in [0, 0.1) is 17.3 Å². The number of hydrogen-bond acceptors (Lipinski definition) is 2. The minimum absolute atomic E-state index is 0.102. The molecule has 0 spiro atoms. The van der Waals surface area contributed by atoms with E-state index in [-0.39, 0.29) is 5.41 Å². The average Bonchev–Trinajstić information content (AvgIpc) is 2.41. The number of nitrogens with one attached hydrogen (secondary N) is 1. The fourth-order valence-corrected chi connectivity index (χ4v) is 3.16. The van der Waals surface area contributed by atoms with E-state index in [2.05, 4.69) is 33.0 Å². The van der Waals surface area contributed by atoms with Crippen LogP contribution in [0.25, 0.3) is 0 Å². The van der Waals surface area contributed by atoms with Gasteiger partial charge in [-0.15, -0.1) is 0 Å². The molecule has 0 heterocycles. The molecule has 0 aromatic heterocycles. The van der Waals surface area contributed by atoms with Gasteiger partial charge in [-0.25, -0.2) is 0 Å². The van der Waals surface area contributed by atoms with Crippen LogP contribution in [-0.2, 0) is 0 Å². The minimum atomic E-state index is 0.102. The molecule has 2 nitrogen and oxygen atoms in total. The summed E-state index contributed by atoms with van der Waals surface area (Å²) in [6, 6.07) is 0.676. The second-order valence-electron chi connectivity index (χ2n) is 6.61. The molecule has 2 N–H and O–H groups in total. The summed E-state index contributed by atoms with van der Waals surface area (Å²) in [6.07, 6.45) is 7.54. The highest BCUT2D eigenvalue weighted by molar-refractivity contribution is 4.84. The van der Waals surface area contributed by atoms with Crippen molar-refractivity contribution in [2.75, 3.05) is 13.2 Å². The molecule has 0 aliphatic heterocycles. The summed E-state index contributed by atoms with van der Waals surface area (Å²) in [5.74, 6) is 1.71. The molecular formula is C16H33NO. The second-order valence-corrected chi connectivity index (χ2v) is 6.61. The Labute approximate surface area is 114 Å². The fourth-order valence-electron chi connectivity index (χ4n) is 3.16. The Hall–Kier alpha value is -0.0800. The Morgan fingerprint density at radius 2 is 1.89 bits per heavy atom. The quantitative estimate of drug-likeness (QED) is 0.728. The summed E-state index contributed by atoms with van der Waals surface area (Å²) in [5, 5.41) is 13.3. The van der Waals surface area contributed by atoms with E-state index in [0.29, 0.717) is 12.6 Å². The van der Waals surface area contributed by atoms with Crippen molar-refractivity contribution >= 4 is 0 Å². The molecule has 108 valence electrons. The van der Waals surface area contributed by atoms with E-state index < -0.39 is 0 Å². The number of aliphatic hydroxyl groups is 1. The maximum atomic E-state index is 9.61. The van der Waals surface area contributed by atoms with Crippen LogP contribution in [0.5, 0.6) is 0 Å². The van der Waals surface area contributed by atoms with Crippen LogP contribution >= 0.6 is 0 Å². The lowest BCUT2D eigenvalue weighted by Crippen LogP contribution is -2.43. The van der Waals surface area contributed by atoms with E-state index >= 15 is 0 Å². The standard InChI is InChI=1S/C16H33NO/c1-5-16(6-2,12-18)11-17-15-9-7-8-14(10-15)13(3)4/h13-15,17-18H,5-12H2,1-4H3. The van der Waals surface area contributed by atoms with Gasteiger partial charge < -0.3 is 10.4 Å². The summed E-state index contributed by atoms with van der Waals surface area (Å²) in [4.78, 5) is 0. The van der Waals surface area contributed by atoms with E-state index in [0.717, 1.165) is 31.2 Å². The molecule has 2 unspecified atom stereocenters. The van der Waals surface area contributed by atoms with Gasteiger partial charge in [0.05, 0.1) is 0 Å². The highest BCUT2D eigenvalue weighted by Crippen LogP contribution is 2.31. The topological polar surface area (TPSA) is 32.3 Å². The highest BCUT2D eigenvalue weighted by Gasteiger charge is 2.28. The first-order valence-corrected chi connectivity index (χ1v) is 7.91. The maximum Gasteiger partial charge on any atom is 0.0499 e. The van der Waals surface area contributed by atoms with Gasteiger partial charge in [-0.3, -0.25) is 0 Å². The Balaban J connectivity index is 2.42. The van der Waals surface area contributed by atoms with E-state index in [9.17, 15) is 5.11 Å². The van der Waals surface area contributed by atoms with Gasteiger partial charge in [-0.05, 0) is 37.5 Å². The van der Waals surface area contributed by atoms with Crippen LogP contribution in [0.4, 0.5) is 0 Å². The summed E-state index contributed by atoms with van der Waals surface area (Å²) in [7, 11) is 0. The van der Waals surface area contributed by atoms with Crippen molar-refractivity contribution in [2.24, 2.45) is 17.3 Å². The van der Waals surface area contributed by atoms with E-state index in [1.165, 1.54) is 25.7 Å². The first-order chi connectivity index (χ1) is 8.56. The zero-order valence-electron chi connectivity index (χ0n) is 12.8. The first kappa shape index (κ1) is 16.0. The van der Waals surface area contributed by atoms with Crippen molar-refractivity contribution in [1.82, 2.24) is 5.32 Å². The molecule has 2 atom stereocenters. The molecule has 1 rings (SSSR count). The molecule has 0 radical (unpaired) electrons. The fraction of sp³-hybridized carbons (Fsp3) is 1.00. The molecule has 1 fully saturated rings. The smallest absolute Gasteiger partial charge is 0.0499 e. The second kappa shape index (κ2) is 7.49. The molecule has 0 aromatic rings. The molecular weight excluding hydrogens is 222 g/mol. The predicted octanol–water partition coefficient (Wildman–Crippen LogP) is 3.59. The summed E-state index contributed by atoms with van der Waals surface area (Å²) in [5.41, 5.74) is 0.102. The molecule has 1 aliphatic rings. The van der Waals surface area contributed by atoms with Crippen molar-refractivity contribution < 1.29 is 5.11 Å². The summed E-state index contributed by atoms with van der Waals surface area (Å²) >= 11 is 0. The van der Waals surface area contributed by atoms with Gasteiger partial charge in [0.2, 0.25) is 0 Å². The number of aliphatic hydroxyl groups excluding tert-OH is 1. The maximum absolute atomic E-state index is 9.61. The Morgan fingerprint density at radius 3 is 2.39 bits per heavy atom. The molecule has 2 heteroatoms. The van der Waals surface area contributed by atoms with Crippen LogP contribution in [-0.4, -0.2) is 24.3 Å². The van der Waals surface area contributed by atoms with Gasteiger partial charge >= 0.3 is 0 Å². The lowest BCUT2D eigenvalue weighted by atomic mass is 9.78. The third-order valence-electron chi connectivity index (χ3n) is 5.26. The van der Waals surface area contributed by atoms with Crippen molar-refractivity contribution in [1.29, 1.82) is 0 Å². The van der Waals surface area contributed by atoms with Crippen molar-refractivity contribution in [3.05, 3.63) is 0 Å². The number of hydrogen-bond donors (Lipinski definition) is 2. The van der Waals surface area contributed by atoms with Gasteiger partial charge in [0.1, 0.15) is 0 Å². The van der Waals surface area contributed by atoms with Crippen LogP contribution in [0.3, 0.4) is 0 Å². The van der Waals surface area contributed by atoms with Crippen LogP contribution < -0.4 is 5.32 Å². The number of rotatable bonds is 7. The van der Waals surface area contributed by atoms with Crippen LogP contribution in [0.15, 0.2) is 0 Å².